The van der Waals surface area contributed by atoms with E-state index in [-0.39, 0.29) is 7.92 Å². The molecule has 0 spiro atoms. The van der Waals surface area contributed by atoms with Gasteiger partial charge in [0.15, 0.2) is 0 Å². The Morgan fingerprint density at radius 2 is 0.714 bits per heavy atom. The fourth-order valence-electron chi connectivity index (χ4n) is 5.31. The predicted octanol–water partition coefficient (Wildman–Crippen LogP) is 7.04. The van der Waals surface area contributed by atoms with Crippen molar-refractivity contribution in [1.82, 2.24) is 0 Å². The fraction of sp³-hybridized carbons (Fsp3) is 1.00. The van der Waals surface area contributed by atoms with E-state index in [4.69, 9.17) is 0 Å². The summed E-state index contributed by atoms with van der Waals surface area (Å²) in [5, 5.41) is 0. The first kappa shape index (κ1) is 19.0. The quantitative estimate of drug-likeness (QED) is 0.258. The van der Waals surface area contributed by atoms with Crippen LogP contribution in [-0.4, -0.2) is 17.0 Å². The molecule has 128 valence electrons. The third-order valence-electron chi connectivity index (χ3n) is 6.23. The molecule has 0 aliphatic heterocycles. The first-order valence-corrected chi connectivity index (χ1v) is 15.9. The van der Waals surface area contributed by atoms with Gasteiger partial charge in [0, 0.05) is 7.92 Å². The van der Waals surface area contributed by atoms with E-state index >= 15 is 0 Å². The maximum absolute atomic E-state index is 2.88. The van der Waals surface area contributed by atoms with Crippen LogP contribution in [0, 0.1) is 0 Å². The molecule has 3 rings (SSSR count). The van der Waals surface area contributed by atoms with Crippen LogP contribution >= 0.6 is 20.9 Å². The Morgan fingerprint density at radius 1 is 0.476 bits per heavy atom. The van der Waals surface area contributed by atoms with Gasteiger partial charge in [-0.25, -0.2) is 0 Å². The molecular weight excluding hydrogens is 524 g/mol. The minimum atomic E-state index is -0.0465. The molecule has 0 unspecified atom stereocenters. The van der Waals surface area contributed by atoms with Gasteiger partial charge in [0.2, 0.25) is 0 Å². The second-order valence-electron chi connectivity index (χ2n) is 7.50. The van der Waals surface area contributed by atoms with Crippen LogP contribution < -0.4 is 0 Å². The van der Waals surface area contributed by atoms with Gasteiger partial charge in [0.05, 0.1) is 17.0 Å². The molecule has 3 saturated carbocycles. The zero-order valence-corrected chi connectivity index (χ0v) is 18.3. The van der Waals surface area contributed by atoms with Crippen LogP contribution in [0.2, 0.25) is 0 Å². The van der Waals surface area contributed by atoms with Crippen LogP contribution in [0.3, 0.4) is 0 Å². The zero-order valence-electron chi connectivity index (χ0n) is 13.5. The molecule has 0 radical (unpaired) electrons. The van der Waals surface area contributed by atoms with E-state index in [1.54, 1.807) is 96.3 Å². The Labute approximate surface area is 152 Å². The van der Waals surface area contributed by atoms with Gasteiger partial charge in [-0.05, 0) is 77.0 Å². The number of hydrogen-bond donors (Lipinski definition) is 0. The SMILES string of the molecule is C1CCC([PH+](C2CCCCC2)C2CCCCC2)CC1.[Br][Au]. The van der Waals surface area contributed by atoms with E-state index in [2.05, 4.69) is 32.0 Å². The molecule has 3 aliphatic rings. The molecule has 0 atom stereocenters. The minimum absolute atomic E-state index is 0.0465. The fourth-order valence-corrected chi connectivity index (χ4v) is 10.5. The molecular formula is C18H34AuBrP+. The Hall–Kier alpha value is 1.65. The van der Waals surface area contributed by atoms with Crippen molar-refractivity contribution in [2.45, 2.75) is 113 Å². The van der Waals surface area contributed by atoms with Crippen LogP contribution in [0.15, 0.2) is 0 Å². The van der Waals surface area contributed by atoms with Crippen LogP contribution in [0.1, 0.15) is 96.3 Å². The molecule has 0 amide bonds. The Kier molecular flexibility index (Phi) is 10.2. The second kappa shape index (κ2) is 11.2. The van der Waals surface area contributed by atoms with Gasteiger partial charge in [0.25, 0.3) is 0 Å². The summed E-state index contributed by atoms with van der Waals surface area (Å²) in [5.41, 5.74) is 3.68. The van der Waals surface area contributed by atoms with Crippen molar-refractivity contribution in [3.8, 4) is 0 Å². The topological polar surface area (TPSA) is 0 Å². The van der Waals surface area contributed by atoms with Gasteiger partial charge in [-0.2, -0.15) is 0 Å². The van der Waals surface area contributed by atoms with Crippen molar-refractivity contribution >= 4 is 20.9 Å². The number of rotatable bonds is 3. The Bertz CT molecular complexity index is 213. The molecule has 0 aromatic heterocycles. The van der Waals surface area contributed by atoms with E-state index in [0.717, 1.165) is 0 Å². The summed E-state index contributed by atoms with van der Waals surface area (Å²) >= 11 is 4.97. The summed E-state index contributed by atoms with van der Waals surface area (Å²) < 4.78 is 0. The van der Waals surface area contributed by atoms with E-state index in [1.165, 1.54) is 17.0 Å². The summed E-state index contributed by atoms with van der Waals surface area (Å²) in [6, 6.07) is 0. The van der Waals surface area contributed by atoms with Crippen molar-refractivity contribution < 1.29 is 18.9 Å². The van der Waals surface area contributed by atoms with E-state index < -0.39 is 0 Å². The molecule has 0 nitrogen and oxygen atoms in total. The third-order valence-corrected chi connectivity index (χ3v) is 10.8. The molecule has 0 N–H and O–H groups in total. The van der Waals surface area contributed by atoms with Crippen molar-refractivity contribution in [3.05, 3.63) is 0 Å². The summed E-state index contributed by atoms with van der Waals surface area (Å²) in [5.74, 6) is 0. The first-order chi connectivity index (χ1) is 10.4. The summed E-state index contributed by atoms with van der Waals surface area (Å²) in [4.78, 5) is 0. The number of hydrogen-bond acceptors (Lipinski definition) is 0. The van der Waals surface area contributed by atoms with Crippen LogP contribution in [-0.2, 0) is 18.9 Å². The van der Waals surface area contributed by atoms with Gasteiger partial charge in [-0.15, -0.1) is 0 Å². The standard InChI is InChI=1S/C18H33P.Au.BrH/c1-4-10-16(11-5-1)19(17-12-6-2-7-13-17)18-14-8-3-9-15-18;;/h16-18H,1-15H2;;1H/q;+1;. The monoisotopic (exact) mass is 557 g/mol. The molecule has 3 aliphatic carbocycles. The van der Waals surface area contributed by atoms with Gasteiger partial charge < -0.3 is 0 Å². The van der Waals surface area contributed by atoms with Gasteiger partial charge in [-0.3, -0.25) is 0 Å². The van der Waals surface area contributed by atoms with E-state index in [0.29, 0.717) is 0 Å². The number of halogens is 1. The van der Waals surface area contributed by atoms with E-state index in [9.17, 15) is 0 Å². The Morgan fingerprint density at radius 3 is 0.952 bits per heavy atom. The van der Waals surface area contributed by atoms with Crippen molar-refractivity contribution in [3.63, 3.8) is 0 Å². The van der Waals surface area contributed by atoms with Crippen molar-refractivity contribution in [2.75, 3.05) is 0 Å². The van der Waals surface area contributed by atoms with Crippen LogP contribution in [0.4, 0.5) is 0 Å². The molecule has 21 heavy (non-hydrogen) atoms. The first-order valence-electron chi connectivity index (χ1n) is 9.43. The van der Waals surface area contributed by atoms with Gasteiger partial charge >= 0.3 is 32.0 Å². The van der Waals surface area contributed by atoms with Gasteiger partial charge in [-0.1, -0.05) is 19.3 Å². The molecule has 3 heteroatoms. The van der Waals surface area contributed by atoms with Crippen LogP contribution in [0.5, 0.6) is 0 Å². The maximum atomic E-state index is 2.88. The van der Waals surface area contributed by atoms with Gasteiger partial charge in [0.1, 0.15) is 0 Å². The molecule has 0 aromatic rings. The Balaban J connectivity index is 0.000000774. The molecule has 0 aromatic carbocycles. The molecule has 0 bridgehead atoms. The van der Waals surface area contributed by atoms with Crippen LogP contribution in [0.25, 0.3) is 0 Å². The van der Waals surface area contributed by atoms with E-state index in [1.807, 2.05) is 0 Å². The molecule has 0 heterocycles. The average Bonchev–Trinajstić information content (AvgIpc) is 2.60. The average molecular weight is 558 g/mol. The third kappa shape index (κ3) is 5.90. The predicted molar refractivity (Wildman–Crippen MR) is 97.9 cm³/mol. The summed E-state index contributed by atoms with van der Waals surface area (Å²) in [6.45, 7) is 0. The normalized spacial score (nSPS) is 26.5. The molecule has 3 fully saturated rings. The van der Waals surface area contributed by atoms with Crippen molar-refractivity contribution in [1.29, 1.82) is 0 Å². The summed E-state index contributed by atoms with van der Waals surface area (Å²) in [7, 11) is -0.0465. The van der Waals surface area contributed by atoms with Crippen molar-refractivity contribution in [2.24, 2.45) is 0 Å². The zero-order chi connectivity index (χ0) is 14.9. The molecule has 0 saturated heterocycles. The summed E-state index contributed by atoms with van der Waals surface area (Å²) in [6.07, 6.45) is 23.8. The second-order valence-corrected chi connectivity index (χ2v) is 11.0.